The number of thiocarbonyl (C=S) groups is 1. The number of likely N-dealkylation sites (tertiary alicyclic amines) is 4. The van der Waals surface area contributed by atoms with Crippen molar-refractivity contribution in [1.82, 2.24) is 44.5 Å². The zero-order valence-corrected chi connectivity index (χ0v) is 42.6. The lowest BCUT2D eigenvalue weighted by Gasteiger charge is -2.24. The molecular weight excluding hydrogens is 833 g/mol. The number of hydrogen-bond acceptors (Lipinski definition) is 16. The van der Waals surface area contributed by atoms with Crippen molar-refractivity contribution in [2.45, 2.75) is 70.8 Å². The van der Waals surface area contributed by atoms with E-state index in [2.05, 4.69) is 79.7 Å². The summed E-state index contributed by atoms with van der Waals surface area (Å²) in [7, 11) is 18.1. The first-order valence-corrected chi connectivity index (χ1v) is 25.1. The van der Waals surface area contributed by atoms with Gasteiger partial charge in [-0.05, 0) is 146 Å². The van der Waals surface area contributed by atoms with Crippen LogP contribution < -0.4 is 5.32 Å². The summed E-state index contributed by atoms with van der Waals surface area (Å²) in [6, 6.07) is 0.690. The largest absolute Gasteiger partial charge is 0.448 e. The number of aliphatic imine (C=N–C) groups is 1. The number of amides is 2. The number of thioether (sulfide) groups is 2. The van der Waals surface area contributed by atoms with E-state index in [1.807, 2.05) is 25.7 Å². The van der Waals surface area contributed by atoms with Crippen molar-refractivity contribution in [3.05, 3.63) is 0 Å². The fourth-order valence-corrected chi connectivity index (χ4v) is 8.36. The first-order chi connectivity index (χ1) is 29.2. The number of carbonyl (C=O) groups excluding carboxylic acids is 2. The van der Waals surface area contributed by atoms with Crippen LogP contribution in [0, 0.1) is 0 Å². The molecule has 9 aliphatic heterocycles. The fraction of sp³-hybridized carbons (Fsp3) is 0.907. The van der Waals surface area contributed by atoms with Gasteiger partial charge >= 0.3 is 6.09 Å². The van der Waals surface area contributed by atoms with Gasteiger partial charge in [0.15, 0.2) is 0 Å². The smallest absolute Gasteiger partial charge is 0.409 e. The van der Waals surface area contributed by atoms with E-state index in [4.69, 9.17) is 21.7 Å². The number of hydrogen-bond donors (Lipinski definition) is 1. The van der Waals surface area contributed by atoms with Gasteiger partial charge in [0.1, 0.15) is 10.9 Å². The number of amidine groups is 1. The number of carbonyl (C=O) groups is 2. The van der Waals surface area contributed by atoms with Crippen LogP contribution in [0.2, 0.25) is 0 Å². The van der Waals surface area contributed by atoms with Crippen molar-refractivity contribution >= 4 is 57.9 Å². The van der Waals surface area contributed by atoms with Crippen molar-refractivity contribution < 1.29 is 23.8 Å². The highest BCUT2D eigenvalue weighted by atomic mass is 32.2. The maximum atomic E-state index is 10.6. The van der Waals surface area contributed by atoms with Crippen molar-refractivity contribution in [3.8, 4) is 0 Å². The van der Waals surface area contributed by atoms with Gasteiger partial charge in [0.05, 0.1) is 38.1 Å². The average Bonchev–Trinajstić information content (AvgIpc) is 4.14. The predicted molar refractivity (Wildman–Crippen MR) is 264 cm³/mol. The molecule has 0 aromatic heterocycles. The van der Waals surface area contributed by atoms with Crippen LogP contribution in [0.3, 0.4) is 0 Å². The van der Waals surface area contributed by atoms with Gasteiger partial charge in [0.2, 0.25) is 5.91 Å². The lowest BCUT2D eigenvalue weighted by Crippen LogP contribution is -2.32. The summed E-state index contributed by atoms with van der Waals surface area (Å²) in [5, 5.41) is 3.13. The van der Waals surface area contributed by atoms with E-state index in [1.54, 1.807) is 26.1 Å². The van der Waals surface area contributed by atoms with E-state index in [0.29, 0.717) is 22.7 Å². The molecule has 8 saturated heterocycles. The van der Waals surface area contributed by atoms with Crippen LogP contribution in [0.5, 0.6) is 0 Å². The van der Waals surface area contributed by atoms with Gasteiger partial charge in [0.25, 0.3) is 0 Å². The van der Waals surface area contributed by atoms with E-state index in [9.17, 15) is 9.59 Å². The Morgan fingerprint density at radius 3 is 1.56 bits per heavy atom. The molecule has 8 fully saturated rings. The molecular formula is C43H88N10O5S3. The Morgan fingerprint density at radius 1 is 0.738 bits per heavy atom. The highest BCUT2D eigenvalue weighted by molar-refractivity contribution is 8.23. The van der Waals surface area contributed by atoms with Gasteiger partial charge in [-0.15, -0.1) is 11.8 Å². The Kier molecular flexibility index (Phi) is 35.0. The maximum Gasteiger partial charge on any atom is 0.409 e. The van der Waals surface area contributed by atoms with Gasteiger partial charge < -0.3 is 48.9 Å². The minimum absolute atomic E-state index is 0.111. The van der Waals surface area contributed by atoms with E-state index in [-0.39, 0.29) is 12.0 Å². The Morgan fingerprint density at radius 2 is 1.36 bits per heavy atom. The third-order valence-electron chi connectivity index (χ3n) is 10.9. The van der Waals surface area contributed by atoms with E-state index < -0.39 is 0 Å². The topological polar surface area (TPSA) is 112 Å². The molecule has 15 nitrogen and oxygen atoms in total. The van der Waals surface area contributed by atoms with Crippen LogP contribution in [0.4, 0.5) is 4.79 Å². The highest BCUT2D eigenvalue weighted by Gasteiger charge is 2.22. The molecule has 358 valence electrons. The summed E-state index contributed by atoms with van der Waals surface area (Å²) >= 11 is 8.22. The van der Waals surface area contributed by atoms with Gasteiger partial charge in [0, 0.05) is 65.1 Å². The number of ether oxygens (including phenoxy) is 3. The lowest BCUT2D eigenvalue weighted by molar-refractivity contribution is -0.123. The summed E-state index contributed by atoms with van der Waals surface area (Å²) in [5.74, 6) is 4.29. The molecule has 18 heteroatoms. The number of cyclic esters (lactones) is 1. The Bertz CT molecular complexity index is 1100. The number of nitrogens with zero attached hydrogens (tertiary/aromatic N) is 9. The number of methoxy groups -OCH3 is 1. The molecule has 1 unspecified atom stereocenters. The van der Waals surface area contributed by atoms with Crippen LogP contribution in [0.15, 0.2) is 4.99 Å². The minimum atomic E-state index is -0.208. The number of nitrogens with one attached hydrogen (secondary N) is 1. The summed E-state index contributed by atoms with van der Waals surface area (Å²) < 4.78 is 15.3. The summed E-state index contributed by atoms with van der Waals surface area (Å²) in [6.45, 7) is 19.6. The van der Waals surface area contributed by atoms with Crippen LogP contribution in [0.1, 0.15) is 64.7 Å². The highest BCUT2D eigenvalue weighted by Crippen LogP contribution is 2.16. The third kappa shape index (κ3) is 31.2. The molecule has 61 heavy (non-hydrogen) atoms. The van der Waals surface area contributed by atoms with Crippen LogP contribution in [0.25, 0.3) is 0 Å². The maximum absolute atomic E-state index is 10.6. The second kappa shape index (κ2) is 37.0. The fourth-order valence-electron chi connectivity index (χ4n) is 6.34. The molecule has 0 spiro atoms. The standard InChI is InChI=1S/C7H15NO.C6H13N.C5H10N2.C5H11N.C4H7NO2.C4H5NOS2.C4H9NO.C4H9NS.C4H9N/c1-8-5-3-4-7(8)6-9-2;1-7-5-3-2-4-6-7;1-5-6-3-2-4-7-5;1-6-4-2-3-5-6;1-5-2-3-7-4(5)6;1-5-3(6)2-8-4(5)7;2*1-5-2-3-6-4-5;1-5-3-2-4-5/h7H,3-6H2,1-2H3;2-6H2,1H3;2-4H2,1H3,(H,6,7);2-5H2,1H3;2-3H2,1H3;2H2,1H3;2*2-4H2,1H3;2-4H2,1H3. The Hall–Kier alpha value is -1.32. The van der Waals surface area contributed by atoms with Crippen molar-refractivity contribution in [3.63, 3.8) is 0 Å². The second-order valence-corrected chi connectivity index (χ2v) is 19.5. The zero-order chi connectivity index (χ0) is 45.3. The predicted octanol–water partition coefficient (Wildman–Crippen LogP) is 4.33. The molecule has 0 radical (unpaired) electrons. The lowest BCUT2D eigenvalue weighted by atomic mass is 10.1. The van der Waals surface area contributed by atoms with Gasteiger partial charge in [-0.2, -0.15) is 0 Å². The van der Waals surface area contributed by atoms with Gasteiger partial charge in [-0.3, -0.25) is 19.6 Å². The second-order valence-electron chi connectivity index (χ2n) is 16.8. The third-order valence-corrected chi connectivity index (χ3v) is 13.5. The molecule has 1 N–H and O–H groups in total. The monoisotopic (exact) mass is 921 g/mol. The van der Waals surface area contributed by atoms with E-state index >= 15 is 0 Å². The number of rotatable bonds is 2. The van der Waals surface area contributed by atoms with Crippen molar-refractivity contribution in [2.75, 3.05) is 186 Å². The van der Waals surface area contributed by atoms with E-state index in [1.165, 1.54) is 138 Å². The molecule has 0 aliphatic carbocycles. The SMILES string of the molecule is CC1=NCCCN1.CN1C(=O)CSC1=S.CN1CCC1.CN1CCCC1.CN1CCCCC1.CN1CCOC1.CN1CCOC1=O.CN1CCSC1.COCC1CCCN1C. The molecule has 9 heterocycles. The summed E-state index contributed by atoms with van der Waals surface area (Å²) in [5.41, 5.74) is 0. The molecule has 1 atom stereocenters. The quantitative estimate of drug-likeness (QED) is 0.397. The molecule has 9 aliphatic rings. The molecule has 2 amide bonds. The van der Waals surface area contributed by atoms with Crippen molar-refractivity contribution in [1.29, 1.82) is 0 Å². The van der Waals surface area contributed by atoms with Gasteiger partial charge in [-0.1, -0.05) is 30.4 Å². The van der Waals surface area contributed by atoms with Crippen LogP contribution >= 0.6 is 35.7 Å². The molecule has 0 aromatic rings. The van der Waals surface area contributed by atoms with Crippen LogP contribution in [-0.2, 0) is 19.0 Å². The number of likely N-dealkylation sites (N-methyl/N-ethyl adjacent to an activating group) is 3. The Balaban J connectivity index is 0.000000344. The van der Waals surface area contributed by atoms with Crippen molar-refractivity contribution in [2.24, 2.45) is 4.99 Å². The Labute approximate surface area is 386 Å². The molecule has 0 aromatic carbocycles. The molecule has 9 rings (SSSR count). The summed E-state index contributed by atoms with van der Waals surface area (Å²) in [4.78, 5) is 41.9. The van der Waals surface area contributed by atoms with E-state index in [0.717, 1.165) is 52.0 Å². The zero-order valence-electron chi connectivity index (χ0n) is 40.2. The first-order valence-electron chi connectivity index (χ1n) is 22.6. The number of piperidine rings is 1. The normalized spacial score (nSPS) is 24.2. The summed E-state index contributed by atoms with van der Waals surface area (Å²) in [6.07, 6.45) is 12.1. The van der Waals surface area contributed by atoms with Gasteiger partial charge in [-0.25, -0.2) is 4.79 Å². The molecule has 0 bridgehead atoms. The molecule has 0 saturated carbocycles. The average molecular weight is 921 g/mol. The minimum Gasteiger partial charge on any atom is -0.448 e. The first kappa shape index (κ1) is 57.7. The van der Waals surface area contributed by atoms with Crippen LogP contribution in [-0.4, -0.2) is 253 Å².